The van der Waals surface area contributed by atoms with E-state index in [1.165, 1.54) is 6.07 Å². The van der Waals surface area contributed by atoms with Crippen molar-refractivity contribution in [2.24, 2.45) is 5.92 Å². The van der Waals surface area contributed by atoms with E-state index in [1.807, 2.05) is 11.0 Å². The average molecular weight is 348 g/mol. The average Bonchev–Trinajstić information content (AvgIpc) is 3.06. The van der Waals surface area contributed by atoms with E-state index in [4.69, 9.17) is 9.47 Å². The van der Waals surface area contributed by atoms with Crippen LogP contribution in [-0.4, -0.2) is 43.0 Å². The number of carbonyl (C=O) groups is 1. The second-order valence-electron chi connectivity index (χ2n) is 7.35. The predicted molar refractivity (Wildman–Crippen MR) is 90.6 cm³/mol. The summed E-state index contributed by atoms with van der Waals surface area (Å²) in [7, 11) is 0. The molecule has 136 valence electrons. The van der Waals surface area contributed by atoms with Gasteiger partial charge >= 0.3 is 6.03 Å². The highest BCUT2D eigenvalue weighted by Crippen LogP contribution is 2.36. The molecule has 1 N–H and O–H groups in total. The fourth-order valence-corrected chi connectivity index (χ4v) is 4.26. The van der Waals surface area contributed by atoms with E-state index in [2.05, 4.69) is 12.2 Å². The highest BCUT2D eigenvalue weighted by molar-refractivity contribution is 5.75. The third-order valence-electron chi connectivity index (χ3n) is 5.81. The van der Waals surface area contributed by atoms with Crippen molar-refractivity contribution < 1.29 is 18.7 Å². The molecule has 2 amide bonds. The molecule has 0 aromatic heterocycles. The van der Waals surface area contributed by atoms with Gasteiger partial charge in [0.25, 0.3) is 0 Å². The summed E-state index contributed by atoms with van der Waals surface area (Å²) in [4.78, 5) is 14.6. The molecule has 1 spiro atoms. The molecule has 2 aliphatic heterocycles. The van der Waals surface area contributed by atoms with E-state index in [9.17, 15) is 9.18 Å². The first-order chi connectivity index (χ1) is 12.1. The van der Waals surface area contributed by atoms with Gasteiger partial charge in [-0.05, 0) is 36.0 Å². The molecule has 0 bridgehead atoms. The third-order valence-corrected chi connectivity index (χ3v) is 5.81. The Balaban J connectivity index is 1.44. The van der Waals surface area contributed by atoms with Crippen LogP contribution in [0, 0.1) is 11.7 Å². The summed E-state index contributed by atoms with van der Waals surface area (Å²) in [6, 6.07) is 4.94. The van der Waals surface area contributed by atoms with Crippen LogP contribution >= 0.6 is 0 Å². The second kappa shape index (κ2) is 6.57. The third kappa shape index (κ3) is 3.13. The van der Waals surface area contributed by atoms with Crippen LogP contribution in [0.3, 0.4) is 0 Å². The van der Waals surface area contributed by atoms with Gasteiger partial charge in [-0.2, -0.15) is 0 Å². The van der Waals surface area contributed by atoms with Crippen molar-refractivity contribution >= 4 is 6.03 Å². The lowest BCUT2D eigenvalue weighted by atomic mass is 9.80. The zero-order chi connectivity index (χ0) is 17.4. The number of piperidine rings is 1. The number of likely N-dealkylation sites (tertiary alicyclic amines) is 1. The van der Waals surface area contributed by atoms with Crippen LogP contribution in [0.5, 0.6) is 0 Å². The van der Waals surface area contributed by atoms with Crippen LogP contribution < -0.4 is 5.32 Å². The van der Waals surface area contributed by atoms with Crippen LogP contribution in [0.1, 0.15) is 43.4 Å². The fraction of sp³-hybridized carbons (Fsp3) is 0.632. The lowest BCUT2D eigenvalue weighted by Gasteiger charge is -2.39. The standard InChI is InChI=1S/C19H25FN2O3/c1-13-5-6-14-15(3-2-4-16(14)20)17(13)21-18(23)22-9-7-19(8-10-22)24-11-12-25-19/h2-4,13,17H,5-12H2,1H3,(H,21,23)/t13-,17-/m1/s1. The highest BCUT2D eigenvalue weighted by atomic mass is 19.1. The summed E-state index contributed by atoms with van der Waals surface area (Å²) in [5, 5.41) is 3.14. The number of fused-ring (bicyclic) bond motifs is 1. The van der Waals surface area contributed by atoms with Gasteiger partial charge in [0.15, 0.2) is 5.79 Å². The normalized spacial score (nSPS) is 28.0. The molecule has 1 aliphatic carbocycles. The maximum absolute atomic E-state index is 14.1. The highest BCUT2D eigenvalue weighted by Gasteiger charge is 2.41. The smallest absolute Gasteiger partial charge is 0.317 e. The van der Waals surface area contributed by atoms with Crippen molar-refractivity contribution in [3.8, 4) is 0 Å². The Morgan fingerprint density at radius 3 is 2.72 bits per heavy atom. The Bertz CT molecular complexity index is 650. The minimum atomic E-state index is -0.482. The summed E-state index contributed by atoms with van der Waals surface area (Å²) < 4.78 is 25.5. The van der Waals surface area contributed by atoms with E-state index < -0.39 is 5.79 Å². The molecule has 1 aromatic rings. The monoisotopic (exact) mass is 348 g/mol. The molecule has 4 rings (SSSR count). The number of nitrogens with zero attached hydrogens (tertiary/aromatic N) is 1. The lowest BCUT2D eigenvalue weighted by Crippen LogP contribution is -2.51. The quantitative estimate of drug-likeness (QED) is 0.849. The van der Waals surface area contributed by atoms with Crippen LogP contribution in [0.2, 0.25) is 0 Å². The van der Waals surface area contributed by atoms with Crippen molar-refractivity contribution in [3.63, 3.8) is 0 Å². The van der Waals surface area contributed by atoms with Gasteiger partial charge in [-0.25, -0.2) is 9.18 Å². The minimum absolute atomic E-state index is 0.0817. The number of carbonyl (C=O) groups excluding carboxylic acids is 1. The molecule has 0 saturated carbocycles. The van der Waals surface area contributed by atoms with E-state index >= 15 is 0 Å². The summed E-state index contributed by atoms with van der Waals surface area (Å²) >= 11 is 0. The van der Waals surface area contributed by atoms with Crippen molar-refractivity contribution in [1.29, 1.82) is 0 Å². The van der Waals surface area contributed by atoms with Gasteiger partial charge in [0, 0.05) is 25.9 Å². The van der Waals surface area contributed by atoms with Crippen LogP contribution in [0.15, 0.2) is 18.2 Å². The largest absolute Gasteiger partial charge is 0.347 e. The fourth-order valence-electron chi connectivity index (χ4n) is 4.26. The topological polar surface area (TPSA) is 50.8 Å². The Hall–Kier alpha value is -1.66. The second-order valence-corrected chi connectivity index (χ2v) is 7.35. The Labute approximate surface area is 147 Å². The Morgan fingerprint density at radius 2 is 2.00 bits per heavy atom. The maximum atomic E-state index is 14.1. The summed E-state index contributed by atoms with van der Waals surface area (Å²) in [5.41, 5.74) is 1.67. The molecular weight excluding hydrogens is 323 g/mol. The number of nitrogens with one attached hydrogen (secondary N) is 1. The number of rotatable bonds is 1. The van der Waals surface area contributed by atoms with Crippen molar-refractivity contribution in [1.82, 2.24) is 10.2 Å². The number of halogens is 1. The lowest BCUT2D eigenvalue weighted by molar-refractivity contribution is -0.181. The molecule has 5 nitrogen and oxygen atoms in total. The van der Waals surface area contributed by atoms with E-state index in [0.717, 1.165) is 24.0 Å². The molecule has 2 atom stereocenters. The zero-order valence-corrected chi connectivity index (χ0v) is 14.6. The zero-order valence-electron chi connectivity index (χ0n) is 14.6. The number of hydrogen-bond acceptors (Lipinski definition) is 3. The van der Waals surface area contributed by atoms with E-state index in [-0.39, 0.29) is 23.8 Å². The molecule has 1 aromatic carbocycles. The number of amides is 2. The molecular formula is C19H25FN2O3. The van der Waals surface area contributed by atoms with Gasteiger partial charge in [0.05, 0.1) is 19.3 Å². The molecule has 0 unspecified atom stereocenters. The molecule has 2 saturated heterocycles. The first-order valence-corrected chi connectivity index (χ1v) is 9.19. The Morgan fingerprint density at radius 1 is 1.28 bits per heavy atom. The SMILES string of the molecule is C[C@@H]1CCc2c(F)cccc2[C@@H]1NC(=O)N1CCC2(CC1)OCCO2. The summed E-state index contributed by atoms with van der Waals surface area (Å²) in [6.07, 6.45) is 3.01. The first kappa shape index (κ1) is 16.8. The van der Waals surface area contributed by atoms with Crippen LogP contribution in [0.4, 0.5) is 9.18 Å². The molecule has 2 fully saturated rings. The summed E-state index contributed by atoms with van der Waals surface area (Å²) in [5.74, 6) is -0.361. The van der Waals surface area contributed by atoms with Crippen molar-refractivity contribution in [3.05, 3.63) is 35.1 Å². The van der Waals surface area contributed by atoms with Gasteiger partial charge in [-0.3, -0.25) is 0 Å². The predicted octanol–water partition coefficient (Wildman–Crippen LogP) is 3.00. The van der Waals surface area contributed by atoms with Gasteiger partial charge < -0.3 is 19.7 Å². The molecule has 25 heavy (non-hydrogen) atoms. The van der Waals surface area contributed by atoms with Crippen LogP contribution in [-0.2, 0) is 15.9 Å². The Kier molecular flexibility index (Phi) is 4.41. The van der Waals surface area contributed by atoms with E-state index in [1.54, 1.807) is 6.07 Å². The first-order valence-electron chi connectivity index (χ1n) is 9.19. The minimum Gasteiger partial charge on any atom is -0.347 e. The van der Waals surface area contributed by atoms with Crippen molar-refractivity contribution in [2.45, 2.75) is 44.4 Å². The molecule has 6 heteroatoms. The molecule has 3 aliphatic rings. The van der Waals surface area contributed by atoms with Gasteiger partial charge in [0.1, 0.15) is 5.82 Å². The molecule has 0 radical (unpaired) electrons. The summed E-state index contributed by atoms with van der Waals surface area (Å²) in [6.45, 7) is 4.61. The van der Waals surface area contributed by atoms with E-state index in [0.29, 0.717) is 39.1 Å². The number of benzene rings is 1. The van der Waals surface area contributed by atoms with Gasteiger partial charge in [0.2, 0.25) is 0 Å². The van der Waals surface area contributed by atoms with Crippen LogP contribution in [0.25, 0.3) is 0 Å². The number of ether oxygens (including phenoxy) is 2. The number of urea groups is 1. The van der Waals surface area contributed by atoms with Gasteiger partial charge in [-0.15, -0.1) is 0 Å². The van der Waals surface area contributed by atoms with Gasteiger partial charge in [-0.1, -0.05) is 19.1 Å². The number of hydrogen-bond donors (Lipinski definition) is 1. The van der Waals surface area contributed by atoms with Crippen molar-refractivity contribution in [2.75, 3.05) is 26.3 Å². The molecule has 2 heterocycles. The maximum Gasteiger partial charge on any atom is 0.317 e.